The van der Waals surface area contributed by atoms with Crippen molar-refractivity contribution in [2.24, 2.45) is 5.92 Å². The van der Waals surface area contributed by atoms with Crippen LogP contribution >= 0.6 is 0 Å². The summed E-state index contributed by atoms with van der Waals surface area (Å²) in [5.41, 5.74) is 1.87. The third-order valence-electron chi connectivity index (χ3n) is 3.06. The topological polar surface area (TPSA) is 52.6 Å². The maximum atomic E-state index is 11.8. The zero-order valence-electron chi connectivity index (χ0n) is 10.8. The number of hydrogen-bond acceptors (Lipinski definition) is 3. The SMILES string of the molecule is C[C@H]1CN(c2ccc(N(C)C)cc2)C(=O)NC1=O. The van der Waals surface area contributed by atoms with E-state index in [2.05, 4.69) is 5.32 Å². The average Bonchev–Trinajstić information content (AvgIpc) is 2.34. The van der Waals surface area contributed by atoms with Crippen molar-refractivity contribution < 1.29 is 9.59 Å². The van der Waals surface area contributed by atoms with Crippen molar-refractivity contribution in [3.8, 4) is 0 Å². The molecule has 1 atom stereocenters. The molecule has 18 heavy (non-hydrogen) atoms. The first kappa shape index (κ1) is 12.4. The van der Waals surface area contributed by atoms with Crippen LogP contribution in [-0.2, 0) is 4.79 Å². The van der Waals surface area contributed by atoms with E-state index < -0.39 is 0 Å². The maximum absolute atomic E-state index is 11.8. The van der Waals surface area contributed by atoms with Crippen LogP contribution in [0, 0.1) is 5.92 Å². The predicted octanol–water partition coefficient (Wildman–Crippen LogP) is 1.44. The third kappa shape index (κ3) is 2.30. The van der Waals surface area contributed by atoms with Gasteiger partial charge in [0.25, 0.3) is 0 Å². The lowest BCUT2D eigenvalue weighted by molar-refractivity contribution is -0.123. The van der Waals surface area contributed by atoms with E-state index >= 15 is 0 Å². The number of benzene rings is 1. The summed E-state index contributed by atoms with van der Waals surface area (Å²) in [5.74, 6) is -0.391. The highest BCUT2D eigenvalue weighted by Gasteiger charge is 2.29. The number of carbonyl (C=O) groups is 2. The van der Waals surface area contributed by atoms with Gasteiger partial charge in [-0.05, 0) is 24.3 Å². The van der Waals surface area contributed by atoms with E-state index in [0.717, 1.165) is 11.4 Å². The molecule has 1 aliphatic heterocycles. The summed E-state index contributed by atoms with van der Waals surface area (Å²) in [6.45, 7) is 2.23. The van der Waals surface area contributed by atoms with Crippen LogP contribution in [0.25, 0.3) is 0 Å². The quantitative estimate of drug-likeness (QED) is 0.860. The fourth-order valence-corrected chi connectivity index (χ4v) is 1.89. The largest absolute Gasteiger partial charge is 0.378 e. The maximum Gasteiger partial charge on any atom is 0.328 e. The second kappa shape index (κ2) is 4.68. The minimum Gasteiger partial charge on any atom is -0.378 e. The minimum atomic E-state index is -0.351. The molecule has 0 radical (unpaired) electrons. The molecule has 1 N–H and O–H groups in total. The molecule has 5 heteroatoms. The van der Waals surface area contributed by atoms with E-state index in [-0.39, 0.29) is 17.9 Å². The lowest BCUT2D eigenvalue weighted by atomic mass is 10.1. The van der Waals surface area contributed by atoms with Gasteiger partial charge in [-0.15, -0.1) is 0 Å². The van der Waals surface area contributed by atoms with Crippen molar-refractivity contribution in [2.75, 3.05) is 30.4 Å². The predicted molar refractivity (Wildman–Crippen MR) is 70.8 cm³/mol. The Hall–Kier alpha value is -2.04. The molecule has 1 heterocycles. The summed E-state index contributed by atoms with van der Waals surface area (Å²) >= 11 is 0. The fraction of sp³-hybridized carbons (Fsp3) is 0.385. The number of rotatable bonds is 2. The van der Waals surface area contributed by atoms with Crippen LogP contribution in [0.15, 0.2) is 24.3 Å². The number of carbonyl (C=O) groups excluding carboxylic acids is 2. The second-order valence-corrected chi connectivity index (χ2v) is 4.72. The number of anilines is 2. The molecule has 0 unspecified atom stereocenters. The lowest BCUT2D eigenvalue weighted by Gasteiger charge is -2.30. The molecule has 1 fully saturated rings. The number of nitrogens with zero attached hydrogens (tertiary/aromatic N) is 2. The lowest BCUT2D eigenvalue weighted by Crippen LogP contribution is -2.53. The molecule has 3 amide bonds. The zero-order valence-corrected chi connectivity index (χ0v) is 10.8. The van der Waals surface area contributed by atoms with Gasteiger partial charge in [-0.2, -0.15) is 0 Å². The van der Waals surface area contributed by atoms with E-state index in [1.54, 1.807) is 4.90 Å². The number of hydrogen-bond donors (Lipinski definition) is 1. The molecular weight excluding hydrogens is 230 g/mol. The normalized spacial score (nSPS) is 19.7. The van der Waals surface area contributed by atoms with Crippen LogP contribution in [-0.4, -0.2) is 32.6 Å². The van der Waals surface area contributed by atoms with Gasteiger partial charge in [0, 0.05) is 32.0 Å². The van der Waals surface area contributed by atoms with Crippen molar-refractivity contribution in [2.45, 2.75) is 6.92 Å². The van der Waals surface area contributed by atoms with Crippen LogP contribution in [0.1, 0.15) is 6.92 Å². The fourth-order valence-electron chi connectivity index (χ4n) is 1.89. The van der Waals surface area contributed by atoms with Crippen LogP contribution in [0.3, 0.4) is 0 Å². The summed E-state index contributed by atoms with van der Waals surface area (Å²) < 4.78 is 0. The molecule has 96 valence electrons. The second-order valence-electron chi connectivity index (χ2n) is 4.72. The monoisotopic (exact) mass is 247 g/mol. The van der Waals surface area contributed by atoms with Gasteiger partial charge < -0.3 is 4.90 Å². The smallest absolute Gasteiger partial charge is 0.328 e. The number of nitrogens with one attached hydrogen (secondary N) is 1. The molecule has 0 aliphatic carbocycles. The van der Waals surface area contributed by atoms with E-state index in [1.807, 2.05) is 50.2 Å². The molecule has 5 nitrogen and oxygen atoms in total. The Labute approximate surface area is 106 Å². The molecule has 1 saturated heterocycles. The standard InChI is InChI=1S/C13H17N3O2/c1-9-8-16(13(18)14-12(9)17)11-6-4-10(5-7-11)15(2)3/h4-7,9H,8H2,1-3H3,(H,14,17,18)/t9-/m0/s1. The van der Waals surface area contributed by atoms with E-state index in [0.29, 0.717) is 6.54 Å². The summed E-state index contributed by atoms with van der Waals surface area (Å²) in [7, 11) is 3.92. The molecule has 1 aromatic rings. The Kier molecular flexibility index (Phi) is 3.23. The van der Waals surface area contributed by atoms with E-state index in [4.69, 9.17) is 0 Å². The first-order chi connectivity index (χ1) is 8.49. The Morgan fingerprint density at radius 1 is 1.22 bits per heavy atom. The van der Waals surface area contributed by atoms with Crippen LogP contribution in [0.2, 0.25) is 0 Å². The molecule has 1 aromatic carbocycles. The highest BCUT2D eigenvalue weighted by atomic mass is 16.2. The third-order valence-corrected chi connectivity index (χ3v) is 3.06. The van der Waals surface area contributed by atoms with Gasteiger partial charge in [0.2, 0.25) is 5.91 Å². The molecule has 2 rings (SSSR count). The molecule has 0 aromatic heterocycles. The van der Waals surface area contributed by atoms with Gasteiger partial charge in [-0.25, -0.2) is 4.79 Å². The Balaban J connectivity index is 2.20. The van der Waals surface area contributed by atoms with Gasteiger partial charge in [-0.3, -0.25) is 15.0 Å². The van der Waals surface area contributed by atoms with E-state index in [9.17, 15) is 9.59 Å². The number of urea groups is 1. The summed E-state index contributed by atoms with van der Waals surface area (Å²) in [6, 6.07) is 7.32. The summed E-state index contributed by atoms with van der Waals surface area (Å²) in [6.07, 6.45) is 0. The van der Waals surface area contributed by atoms with Gasteiger partial charge in [0.05, 0.1) is 5.92 Å². The van der Waals surface area contributed by atoms with Crippen LogP contribution in [0.4, 0.5) is 16.2 Å². The number of amides is 3. The van der Waals surface area contributed by atoms with Crippen LogP contribution in [0.5, 0.6) is 0 Å². The highest BCUT2D eigenvalue weighted by molar-refractivity contribution is 6.06. The van der Waals surface area contributed by atoms with Gasteiger partial charge in [0.1, 0.15) is 0 Å². The van der Waals surface area contributed by atoms with Crippen molar-refractivity contribution in [1.82, 2.24) is 5.32 Å². The average molecular weight is 247 g/mol. The molecular formula is C13H17N3O2. The van der Waals surface area contributed by atoms with Gasteiger partial charge >= 0.3 is 6.03 Å². The Bertz CT molecular complexity index is 468. The van der Waals surface area contributed by atoms with Crippen molar-refractivity contribution in [1.29, 1.82) is 0 Å². The number of imide groups is 1. The van der Waals surface area contributed by atoms with Crippen molar-refractivity contribution >= 4 is 23.3 Å². The first-order valence-corrected chi connectivity index (χ1v) is 5.89. The Morgan fingerprint density at radius 2 is 1.83 bits per heavy atom. The van der Waals surface area contributed by atoms with E-state index in [1.165, 1.54) is 0 Å². The summed E-state index contributed by atoms with van der Waals surface area (Å²) in [5, 5.41) is 2.35. The van der Waals surface area contributed by atoms with Gasteiger partial charge in [0.15, 0.2) is 0 Å². The zero-order chi connectivity index (χ0) is 13.3. The highest BCUT2D eigenvalue weighted by Crippen LogP contribution is 2.22. The van der Waals surface area contributed by atoms with Gasteiger partial charge in [-0.1, -0.05) is 6.92 Å². The molecule has 1 aliphatic rings. The molecule has 0 spiro atoms. The Morgan fingerprint density at radius 3 is 2.39 bits per heavy atom. The van der Waals surface area contributed by atoms with Crippen molar-refractivity contribution in [3.05, 3.63) is 24.3 Å². The molecule has 0 bridgehead atoms. The molecule has 0 saturated carbocycles. The minimum absolute atomic E-state index is 0.184. The summed E-state index contributed by atoms with van der Waals surface area (Å²) in [4.78, 5) is 26.7. The van der Waals surface area contributed by atoms with Crippen molar-refractivity contribution in [3.63, 3.8) is 0 Å². The first-order valence-electron chi connectivity index (χ1n) is 5.89. The van der Waals surface area contributed by atoms with Crippen LogP contribution < -0.4 is 15.1 Å².